The third kappa shape index (κ3) is 1.76. The van der Waals surface area contributed by atoms with Crippen LogP contribution < -0.4 is 9.64 Å². The molecular weight excluding hydrogens is 242 g/mol. The highest BCUT2D eigenvalue weighted by atomic mass is 16.5. The zero-order chi connectivity index (χ0) is 13.4. The predicted molar refractivity (Wildman–Crippen MR) is 74.1 cm³/mol. The summed E-state index contributed by atoms with van der Waals surface area (Å²) in [5.74, 6) is 0.829. The lowest BCUT2D eigenvalue weighted by molar-refractivity contribution is 0.0999. The highest BCUT2D eigenvalue weighted by Crippen LogP contribution is 2.40. The first-order valence-corrected chi connectivity index (χ1v) is 6.19. The number of ether oxygens (including phenoxy) is 2. The molecule has 0 N–H and O–H groups in total. The second kappa shape index (κ2) is 4.55. The van der Waals surface area contributed by atoms with Crippen LogP contribution in [0.4, 0.5) is 5.69 Å². The van der Waals surface area contributed by atoms with Gasteiger partial charge in [-0.25, -0.2) is 0 Å². The number of hydrogen-bond donors (Lipinski definition) is 0. The van der Waals surface area contributed by atoms with Gasteiger partial charge in [0.2, 0.25) is 0 Å². The molecule has 2 aromatic carbocycles. The van der Waals surface area contributed by atoms with Gasteiger partial charge in [-0.05, 0) is 18.2 Å². The van der Waals surface area contributed by atoms with Crippen molar-refractivity contribution in [2.75, 3.05) is 32.3 Å². The van der Waals surface area contributed by atoms with E-state index in [1.807, 2.05) is 30.3 Å². The smallest absolute Gasteiger partial charge is 0.258 e. The predicted octanol–water partition coefficient (Wildman–Crippen LogP) is 2.46. The molecule has 0 fully saturated rings. The molecule has 19 heavy (non-hydrogen) atoms. The third-order valence-corrected chi connectivity index (χ3v) is 3.42. The normalized spacial score (nSPS) is 13.4. The van der Waals surface area contributed by atoms with Gasteiger partial charge in [-0.1, -0.05) is 12.1 Å². The lowest BCUT2D eigenvalue weighted by Crippen LogP contribution is -2.20. The number of carbonyl (C=O) groups excluding carboxylic acids is 1. The molecule has 2 aromatic rings. The van der Waals surface area contributed by atoms with E-state index in [9.17, 15) is 4.79 Å². The van der Waals surface area contributed by atoms with Crippen LogP contribution in [0, 0.1) is 0 Å². The lowest BCUT2D eigenvalue weighted by atomic mass is 10.0. The fraction of sp³-hybridized carbons (Fsp3) is 0.267. The van der Waals surface area contributed by atoms with Gasteiger partial charge in [0, 0.05) is 30.5 Å². The summed E-state index contributed by atoms with van der Waals surface area (Å²) < 4.78 is 10.7. The highest BCUT2D eigenvalue weighted by molar-refractivity contribution is 6.25. The van der Waals surface area contributed by atoms with Crippen molar-refractivity contribution in [2.24, 2.45) is 0 Å². The molecule has 0 saturated carbocycles. The zero-order valence-corrected chi connectivity index (χ0v) is 11.0. The number of carbonyl (C=O) groups is 1. The number of rotatable bonds is 4. The standard InChI is InChI=1S/C15H15NO3/c1-16-12-6-7-13(19-9-8-18-2)10-4-3-5-11(14(10)12)15(16)17/h3-7H,8-9H2,1-2H3. The quantitative estimate of drug-likeness (QED) is 0.790. The molecule has 4 nitrogen and oxygen atoms in total. The molecule has 4 heteroatoms. The number of nitrogens with zero attached hydrogens (tertiary/aromatic N) is 1. The molecule has 0 aliphatic carbocycles. The Morgan fingerprint density at radius 2 is 2.00 bits per heavy atom. The Kier molecular flexibility index (Phi) is 2.87. The van der Waals surface area contributed by atoms with Gasteiger partial charge in [-0.3, -0.25) is 4.79 Å². The van der Waals surface area contributed by atoms with Gasteiger partial charge in [0.15, 0.2) is 0 Å². The minimum Gasteiger partial charge on any atom is -0.491 e. The summed E-state index contributed by atoms with van der Waals surface area (Å²) in [5, 5.41) is 1.95. The van der Waals surface area contributed by atoms with Crippen molar-refractivity contribution in [3.05, 3.63) is 35.9 Å². The maximum atomic E-state index is 12.1. The van der Waals surface area contributed by atoms with Gasteiger partial charge in [0.25, 0.3) is 5.91 Å². The largest absolute Gasteiger partial charge is 0.491 e. The van der Waals surface area contributed by atoms with E-state index in [-0.39, 0.29) is 5.91 Å². The molecule has 0 bridgehead atoms. The Morgan fingerprint density at radius 3 is 2.79 bits per heavy atom. The first-order chi connectivity index (χ1) is 9.24. The van der Waals surface area contributed by atoms with Gasteiger partial charge in [-0.2, -0.15) is 0 Å². The number of benzene rings is 2. The SMILES string of the molecule is COCCOc1ccc2c3c(cccc13)C(=O)N2C. The Morgan fingerprint density at radius 1 is 1.16 bits per heavy atom. The highest BCUT2D eigenvalue weighted by Gasteiger charge is 2.27. The van der Waals surface area contributed by atoms with Gasteiger partial charge < -0.3 is 14.4 Å². The summed E-state index contributed by atoms with van der Waals surface area (Å²) in [7, 11) is 3.44. The summed E-state index contributed by atoms with van der Waals surface area (Å²) in [6.07, 6.45) is 0. The average molecular weight is 257 g/mol. The fourth-order valence-corrected chi connectivity index (χ4v) is 2.47. The maximum Gasteiger partial charge on any atom is 0.258 e. The van der Waals surface area contributed by atoms with Crippen molar-refractivity contribution < 1.29 is 14.3 Å². The number of amides is 1. The molecule has 0 spiro atoms. The summed E-state index contributed by atoms with van der Waals surface area (Å²) >= 11 is 0. The molecule has 0 saturated heterocycles. The van der Waals surface area contributed by atoms with E-state index in [1.54, 1.807) is 19.1 Å². The molecule has 0 radical (unpaired) electrons. The molecule has 98 valence electrons. The van der Waals surface area contributed by atoms with Crippen LogP contribution in [0.1, 0.15) is 10.4 Å². The molecule has 3 rings (SSSR count). The van der Waals surface area contributed by atoms with Gasteiger partial charge in [-0.15, -0.1) is 0 Å². The van der Waals surface area contributed by atoms with Gasteiger partial charge in [0.1, 0.15) is 12.4 Å². The molecule has 1 aliphatic heterocycles. The summed E-state index contributed by atoms with van der Waals surface area (Å²) in [6.45, 7) is 1.04. The van der Waals surface area contributed by atoms with Crippen LogP contribution in [-0.4, -0.2) is 33.3 Å². The number of anilines is 1. The molecule has 0 aromatic heterocycles. The number of methoxy groups -OCH3 is 1. The van der Waals surface area contributed by atoms with Crippen molar-refractivity contribution in [1.82, 2.24) is 0 Å². The van der Waals surface area contributed by atoms with Crippen LogP contribution in [0.25, 0.3) is 10.8 Å². The maximum absolute atomic E-state index is 12.1. The minimum atomic E-state index is 0.0367. The minimum absolute atomic E-state index is 0.0367. The average Bonchev–Trinajstić information content (AvgIpc) is 2.68. The molecular formula is C15H15NO3. The van der Waals surface area contributed by atoms with Crippen LogP contribution in [0.5, 0.6) is 5.75 Å². The Balaban J connectivity index is 2.11. The van der Waals surface area contributed by atoms with Gasteiger partial charge >= 0.3 is 0 Å². The molecule has 1 amide bonds. The van der Waals surface area contributed by atoms with Crippen molar-refractivity contribution in [3.8, 4) is 5.75 Å². The molecule has 0 atom stereocenters. The van der Waals surface area contributed by atoms with E-state index in [0.717, 1.165) is 27.8 Å². The van der Waals surface area contributed by atoms with Crippen molar-refractivity contribution >= 4 is 22.4 Å². The van der Waals surface area contributed by atoms with Crippen LogP contribution in [0.15, 0.2) is 30.3 Å². The number of hydrogen-bond acceptors (Lipinski definition) is 3. The Hall–Kier alpha value is -2.07. The molecule has 0 unspecified atom stereocenters. The second-order valence-corrected chi connectivity index (χ2v) is 4.52. The van der Waals surface area contributed by atoms with Gasteiger partial charge in [0.05, 0.1) is 12.3 Å². The van der Waals surface area contributed by atoms with E-state index < -0.39 is 0 Å². The van der Waals surface area contributed by atoms with Crippen molar-refractivity contribution in [3.63, 3.8) is 0 Å². The van der Waals surface area contributed by atoms with Crippen LogP contribution >= 0.6 is 0 Å². The third-order valence-electron chi connectivity index (χ3n) is 3.42. The first kappa shape index (κ1) is 12.0. The van der Waals surface area contributed by atoms with E-state index in [4.69, 9.17) is 9.47 Å². The van der Waals surface area contributed by atoms with E-state index in [1.165, 1.54) is 0 Å². The first-order valence-electron chi connectivity index (χ1n) is 6.19. The Bertz CT molecular complexity index is 651. The molecule has 1 heterocycles. The Labute approximate surface area is 111 Å². The lowest BCUT2D eigenvalue weighted by Gasteiger charge is -2.12. The topological polar surface area (TPSA) is 38.8 Å². The van der Waals surface area contributed by atoms with Crippen molar-refractivity contribution in [1.29, 1.82) is 0 Å². The second-order valence-electron chi connectivity index (χ2n) is 4.52. The summed E-state index contributed by atoms with van der Waals surface area (Å²) in [6, 6.07) is 9.57. The fourth-order valence-electron chi connectivity index (χ4n) is 2.47. The van der Waals surface area contributed by atoms with E-state index in [2.05, 4.69) is 0 Å². The van der Waals surface area contributed by atoms with E-state index in [0.29, 0.717) is 13.2 Å². The zero-order valence-electron chi connectivity index (χ0n) is 11.0. The van der Waals surface area contributed by atoms with E-state index >= 15 is 0 Å². The van der Waals surface area contributed by atoms with Crippen LogP contribution in [-0.2, 0) is 4.74 Å². The van der Waals surface area contributed by atoms with Crippen molar-refractivity contribution in [2.45, 2.75) is 0 Å². The monoisotopic (exact) mass is 257 g/mol. The molecule has 1 aliphatic rings. The summed E-state index contributed by atoms with van der Waals surface area (Å²) in [5.41, 5.74) is 1.68. The summed E-state index contributed by atoms with van der Waals surface area (Å²) in [4.78, 5) is 13.8. The van der Waals surface area contributed by atoms with Crippen LogP contribution in [0.3, 0.4) is 0 Å². The van der Waals surface area contributed by atoms with Crippen LogP contribution in [0.2, 0.25) is 0 Å².